The van der Waals surface area contributed by atoms with Gasteiger partial charge < -0.3 is 19.7 Å². The number of fused-ring (bicyclic) bond motifs is 1. The van der Waals surface area contributed by atoms with Crippen LogP contribution in [0.4, 0.5) is 5.69 Å². The van der Waals surface area contributed by atoms with E-state index in [1.807, 2.05) is 0 Å². The van der Waals surface area contributed by atoms with Crippen molar-refractivity contribution in [2.75, 3.05) is 32.6 Å². The molecule has 0 saturated heterocycles. The third-order valence-corrected chi connectivity index (χ3v) is 3.83. The van der Waals surface area contributed by atoms with Gasteiger partial charge in [-0.1, -0.05) is 6.07 Å². The number of nitrogens with one attached hydrogen (secondary N) is 1. The topological polar surface area (TPSA) is 67.9 Å². The van der Waals surface area contributed by atoms with Crippen LogP contribution in [0, 0.1) is 0 Å². The second-order valence-electron chi connectivity index (χ2n) is 5.47. The number of nitrogens with zero attached hydrogens (tertiary/aromatic N) is 1. The van der Waals surface area contributed by atoms with E-state index in [1.54, 1.807) is 61.5 Å². The van der Waals surface area contributed by atoms with Gasteiger partial charge >= 0.3 is 0 Å². The highest BCUT2D eigenvalue weighted by Gasteiger charge is 2.21. The first kappa shape index (κ1) is 15.9. The van der Waals surface area contributed by atoms with Crippen LogP contribution >= 0.6 is 0 Å². The maximum atomic E-state index is 12.4. The molecule has 2 aromatic rings. The summed E-state index contributed by atoms with van der Waals surface area (Å²) in [5, 5.41) is 2.79. The van der Waals surface area contributed by atoms with Crippen molar-refractivity contribution in [3.63, 3.8) is 0 Å². The summed E-state index contributed by atoms with van der Waals surface area (Å²) in [6, 6.07) is 11.9. The molecule has 2 aromatic carbocycles. The molecular weight excluding hydrogens is 308 g/mol. The number of carbonyl (C=O) groups is 2. The number of ether oxygens (including phenoxy) is 2. The van der Waals surface area contributed by atoms with Crippen molar-refractivity contribution in [2.45, 2.75) is 0 Å². The molecule has 0 atom stereocenters. The van der Waals surface area contributed by atoms with E-state index in [4.69, 9.17) is 9.47 Å². The predicted molar refractivity (Wildman–Crippen MR) is 89.8 cm³/mol. The number of hydrogen-bond donors (Lipinski definition) is 1. The molecule has 1 aliphatic rings. The molecule has 1 aliphatic heterocycles. The summed E-state index contributed by atoms with van der Waals surface area (Å²) in [6.07, 6.45) is 0. The van der Waals surface area contributed by atoms with E-state index in [-0.39, 0.29) is 11.8 Å². The van der Waals surface area contributed by atoms with E-state index in [2.05, 4.69) is 5.32 Å². The second kappa shape index (κ2) is 6.62. The lowest BCUT2D eigenvalue weighted by Gasteiger charge is -2.13. The zero-order chi connectivity index (χ0) is 17.1. The molecule has 2 amide bonds. The van der Waals surface area contributed by atoms with Crippen LogP contribution in [-0.4, -0.2) is 44.0 Å². The summed E-state index contributed by atoms with van der Waals surface area (Å²) in [6.45, 7) is 0.976. The number of anilines is 1. The van der Waals surface area contributed by atoms with Gasteiger partial charge in [-0.2, -0.15) is 0 Å². The summed E-state index contributed by atoms with van der Waals surface area (Å²) in [7, 11) is 3.27. The molecule has 0 fully saturated rings. The Morgan fingerprint density at radius 3 is 2.88 bits per heavy atom. The van der Waals surface area contributed by atoms with Gasteiger partial charge in [-0.3, -0.25) is 9.59 Å². The van der Waals surface area contributed by atoms with E-state index in [9.17, 15) is 9.59 Å². The Labute approximate surface area is 140 Å². The molecule has 6 nitrogen and oxygen atoms in total. The fraction of sp³-hybridized carbons (Fsp3) is 0.222. The molecular formula is C18H18N2O4. The summed E-state index contributed by atoms with van der Waals surface area (Å²) >= 11 is 0. The van der Waals surface area contributed by atoms with E-state index >= 15 is 0 Å². The monoisotopic (exact) mass is 326 g/mol. The molecule has 24 heavy (non-hydrogen) atoms. The second-order valence-corrected chi connectivity index (χ2v) is 5.47. The fourth-order valence-electron chi connectivity index (χ4n) is 2.47. The predicted octanol–water partition coefficient (Wildman–Crippen LogP) is 2.41. The molecule has 1 heterocycles. The first-order valence-corrected chi connectivity index (χ1v) is 7.56. The normalized spacial score (nSPS) is 13.6. The zero-order valence-corrected chi connectivity index (χ0v) is 13.5. The molecule has 0 aromatic heterocycles. The summed E-state index contributed by atoms with van der Waals surface area (Å²) in [5.74, 6) is 0.739. The van der Waals surface area contributed by atoms with Crippen LogP contribution in [0.1, 0.15) is 20.7 Å². The average molecular weight is 326 g/mol. The van der Waals surface area contributed by atoms with Crippen LogP contribution in [-0.2, 0) is 0 Å². The van der Waals surface area contributed by atoms with Gasteiger partial charge in [0.15, 0.2) is 0 Å². The molecule has 0 aliphatic carbocycles. The Morgan fingerprint density at radius 1 is 1.25 bits per heavy atom. The van der Waals surface area contributed by atoms with Crippen molar-refractivity contribution in [3.8, 4) is 11.5 Å². The van der Waals surface area contributed by atoms with Crippen molar-refractivity contribution < 1.29 is 19.1 Å². The number of likely N-dealkylation sites (N-methyl/N-ethyl adjacent to an activating group) is 1. The highest BCUT2D eigenvalue weighted by Crippen LogP contribution is 2.26. The molecule has 0 saturated carbocycles. The average Bonchev–Trinajstić information content (AvgIpc) is 2.74. The van der Waals surface area contributed by atoms with Crippen LogP contribution in [0.15, 0.2) is 42.5 Å². The van der Waals surface area contributed by atoms with Crippen LogP contribution in [0.2, 0.25) is 0 Å². The number of amides is 2. The summed E-state index contributed by atoms with van der Waals surface area (Å²) in [4.78, 5) is 26.3. The SMILES string of the molecule is COc1cccc(C(=O)Nc2ccc3c(c2)C(=O)N(C)CCO3)c1. The maximum absolute atomic E-state index is 12.4. The Balaban J connectivity index is 1.84. The standard InChI is InChI=1S/C18H18N2O4/c1-20-8-9-24-16-7-6-13(11-15(16)18(20)22)19-17(21)12-4-3-5-14(10-12)23-2/h3-7,10-11H,8-9H2,1-2H3,(H,19,21). The van der Waals surface area contributed by atoms with Crippen molar-refractivity contribution >= 4 is 17.5 Å². The molecule has 3 rings (SSSR count). The van der Waals surface area contributed by atoms with Crippen molar-refractivity contribution in [1.82, 2.24) is 4.90 Å². The van der Waals surface area contributed by atoms with E-state index < -0.39 is 0 Å². The number of methoxy groups -OCH3 is 1. The molecule has 6 heteroatoms. The van der Waals surface area contributed by atoms with E-state index in [0.29, 0.717) is 41.5 Å². The van der Waals surface area contributed by atoms with Crippen LogP contribution < -0.4 is 14.8 Å². The number of hydrogen-bond acceptors (Lipinski definition) is 4. The van der Waals surface area contributed by atoms with E-state index in [0.717, 1.165) is 0 Å². The van der Waals surface area contributed by atoms with E-state index in [1.165, 1.54) is 0 Å². The third kappa shape index (κ3) is 3.17. The van der Waals surface area contributed by atoms with Crippen molar-refractivity contribution in [2.24, 2.45) is 0 Å². The van der Waals surface area contributed by atoms with Gasteiger partial charge in [-0.05, 0) is 36.4 Å². The first-order valence-electron chi connectivity index (χ1n) is 7.56. The molecule has 1 N–H and O–H groups in total. The lowest BCUT2D eigenvalue weighted by atomic mass is 10.1. The summed E-state index contributed by atoms with van der Waals surface area (Å²) in [5.41, 5.74) is 1.45. The Hall–Kier alpha value is -3.02. The minimum Gasteiger partial charge on any atom is -0.497 e. The lowest BCUT2D eigenvalue weighted by Crippen LogP contribution is -2.27. The van der Waals surface area contributed by atoms with Gasteiger partial charge in [0.05, 0.1) is 19.2 Å². The van der Waals surface area contributed by atoms with Crippen LogP contribution in [0.5, 0.6) is 11.5 Å². The first-order chi connectivity index (χ1) is 11.6. The highest BCUT2D eigenvalue weighted by molar-refractivity contribution is 6.05. The quantitative estimate of drug-likeness (QED) is 0.940. The largest absolute Gasteiger partial charge is 0.497 e. The Bertz CT molecular complexity index is 788. The maximum Gasteiger partial charge on any atom is 0.257 e. The zero-order valence-electron chi connectivity index (χ0n) is 13.5. The van der Waals surface area contributed by atoms with Gasteiger partial charge in [0, 0.05) is 18.3 Å². The van der Waals surface area contributed by atoms with Gasteiger partial charge in [-0.25, -0.2) is 0 Å². The van der Waals surface area contributed by atoms with Crippen molar-refractivity contribution in [1.29, 1.82) is 0 Å². The van der Waals surface area contributed by atoms with Gasteiger partial charge in [0.2, 0.25) is 0 Å². The minimum absolute atomic E-state index is 0.125. The highest BCUT2D eigenvalue weighted by atomic mass is 16.5. The minimum atomic E-state index is -0.274. The lowest BCUT2D eigenvalue weighted by molar-refractivity contribution is 0.0796. The van der Waals surface area contributed by atoms with Crippen molar-refractivity contribution in [3.05, 3.63) is 53.6 Å². The Morgan fingerprint density at radius 2 is 2.08 bits per heavy atom. The number of carbonyl (C=O) groups excluding carboxylic acids is 2. The molecule has 0 spiro atoms. The smallest absolute Gasteiger partial charge is 0.257 e. The third-order valence-electron chi connectivity index (χ3n) is 3.83. The number of rotatable bonds is 3. The molecule has 0 bridgehead atoms. The Kier molecular flexibility index (Phi) is 4.37. The summed E-state index contributed by atoms with van der Waals surface area (Å²) < 4.78 is 10.7. The molecule has 124 valence electrons. The number of benzene rings is 2. The molecule has 0 radical (unpaired) electrons. The molecule has 0 unspecified atom stereocenters. The van der Waals surface area contributed by atoms with Crippen LogP contribution in [0.25, 0.3) is 0 Å². The van der Waals surface area contributed by atoms with Gasteiger partial charge in [0.1, 0.15) is 18.1 Å². The fourth-order valence-corrected chi connectivity index (χ4v) is 2.47. The van der Waals surface area contributed by atoms with Gasteiger partial charge in [-0.15, -0.1) is 0 Å². The van der Waals surface area contributed by atoms with Gasteiger partial charge in [0.25, 0.3) is 11.8 Å². The van der Waals surface area contributed by atoms with Crippen LogP contribution in [0.3, 0.4) is 0 Å².